The molecule has 0 amide bonds. The summed E-state index contributed by atoms with van der Waals surface area (Å²) in [7, 11) is 0. The molecule has 0 bridgehead atoms. The molecule has 0 N–H and O–H groups in total. The molecule has 2 aliphatic carbocycles. The molecule has 2 saturated carbocycles. The number of rotatable bonds is 1. The zero-order chi connectivity index (χ0) is 12.8. The Labute approximate surface area is 110 Å². The molecule has 18 heavy (non-hydrogen) atoms. The molecule has 3 fully saturated rings. The molecule has 1 spiro atoms. The van der Waals surface area contributed by atoms with Gasteiger partial charge in [-0.25, -0.2) is 0 Å². The number of ether oxygens (including phenoxy) is 2. The first kappa shape index (κ1) is 12.4. The molecule has 2 nitrogen and oxygen atoms in total. The monoisotopic (exact) mass is 248 g/mol. The van der Waals surface area contributed by atoms with Crippen molar-refractivity contribution in [1.82, 2.24) is 0 Å². The van der Waals surface area contributed by atoms with Crippen LogP contribution in [0.25, 0.3) is 0 Å². The Balaban J connectivity index is 1.83. The van der Waals surface area contributed by atoms with E-state index in [1.165, 1.54) is 30.4 Å². The van der Waals surface area contributed by atoms with Crippen LogP contribution in [0, 0.1) is 17.8 Å². The van der Waals surface area contributed by atoms with Gasteiger partial charge in [-0.3, -0.25) is 0 Å². The molecule has 1 saturated heterocycles. The number of hydrogen-bond acceptors (Lipinski definition) is 2. The van der Waals surface area contributed by atoms with Crippen molar-refractivity contribution in [2.45, 2.75) is 44.8 Å². The third-order valence-electron chi connectivity index (χ3n) is 5.16. The van der Waals surface area contributed by atoms with E-state index in [2.05, 4.69) is 20.1 Å². The van der Waals surface area contributed by atoms with Gasteiger partial charge in [0, 0.05) is 12.8 Å². The lowest BCUT2D eigenvalue weighted by atomic mass is 9.61. The quantitative estimate of drug-likeness (QED) is 0.659. The van der Waals surface area contributed by atoms with Crippen molar-refractivity contribution in [3.63, 3.8) is 0 Å². The normalized spacial score (nSPS) is 38.7. The second kappa shape index (κ2) is 4.50. The van der Waals surface area contributed by atoms with Gasteiger partial charge in [0.2, 0.25) is 0 Å². The second-order valence-corrected chi connectivity index (χ2v) is 6.27. The molecule has 3 rings (SSSR count). The summed E-state index contributed by atoms with van der Waals surface area (Å²) in [4.78, 5) is 0. The summed E-state index contributed by atoms with van der Waals surface area (Å²) in [6.07, 6.45) is 5.64. The van der Waals surface area contributed by atoms with Crippen molar-refractivity contribution in [1.29, 1.82) is 0 Å². The zero-order valence-electron chi connectivity index (χ0n) is 11.4. The van der Waals surface area contributed by atoms with E-state index >= 15 is 0 Å². The molecule has 3 aliphatic rings. The largest absolute Gasteiger partial charge is 0.348 e. The minimum absolute atomic E-state index is 0.271. The highest BCUT2D eigenvalue weighted by molar-refractivity contribution is 5.16. The summed E-state index contributed by atoms with van der Waals surface area (Å²) < 4.78 is 11.8. The fraction of sp³-hybridized carbons (Fsp3) is 0.750. The predicted molar refractivity (Wildman–Crippen MR) is 72.1 cm³/mol. The summed E-state index contributed by atoms with van der Waals surface area (Å²) in [6.45, 7) is 12.2. The molecule has 0 unspecified atom stereocenters. The fourth-order valence-corrected chi connectivity index (χ4v) is 4.23. The number of hydrogen-bond donors (Lipinski definition) is 0. The molecule has 2 heteroatoms. The SMILES string of the molecule is C=C(C)[C@H]1CCC(=C)[C@H]2CCC3(C[C@H]12)OCCO3. The number of fused-ring (bicyclic) bond motifs is 1. The predicted octanol–water partition coefficient (Wildman–Crippen LogP) is 3.69. The molecular weight excluding hydrogens is 224 g/mol. The first-order valence-electron chi connectivity index (χ1n) is 7.22. The Morgan fingerprint density at radius 1 is 1.28 bits per heavy atom. The highest BCUT2D eigenvalue weighted by Crippen LogP contribution is 2.52. The van der Waals surface area contributed by atoms with Crippen molar-refractivity contribution in [2.75, 3.05) is 13.2 Å². The van der Waals surface area contributed by atoms with Crippen LogP contribution in [0.5, 0.6) is 0 Å². The molecule has 1 heterocycles. The fourth-order valence-electron chi connectivity index (χ4n) is 4.23. The third kappa shape index (κ3) is 1.96. The molecule has 0 aromatic rings. The Morgan fingerprint density at radius 2 is 2.00 bits per heavy atom. The van der Waals surface area contributed by atoms with E-state index in [9.17, 15) is 0 Å². The van der Waals surface area contributed by atoms with E-state index in [1.807, 2.05) is 0 Å². The van der Waals surface area contributed by atoms with Crippen molar-refractivity contribution in [2.24, 2.45) is 17.8 Å². The maximum atomic E-state index is 5.91. The highest BCUT2D eigenvalue weighted by Gasteiger charge is 2.49. The van der Waals surface area contributed by atoms with Crippen molar-refractivity contribution >= 4 is 0 Å². The maximum absolute atomic E-state index is 5.91. The van der Waals surface area contributed by atoms with E-state index < -0.39 is 0 Å². The van der Waals surface area contributed by atoms with E-state index in [-0.39, 0.29) is 5.79 Å². The van der Waals surface area contributed by atoms with Gasteiger partial charge in [0.25, 0.3) is 0 Å². The van der Waals surface area contributed by atoms with Crippen LogP contribution in [-0.2, 0) is 9.47 Å². The van der Waals surface area contributed by atoms with Gasteiger partial charge in [0.1, 0.15) is 0 Å². The lowest BCUT2D eigenvalue weighted by molar-refractivity contribution is -0.198. The van der Waals surface area contributed by atoms with E-state index in [1.54, 1.807) is 0 Å². The maximum Gasteiger partial charge on any atom is 0.168 e. The molecule has 0 aromatic carbocycles. The van der Waals surface area contributed by atoms with E-state index in [0.29, 0.717) is 17.8 Å². The van der Waals surface area contributed by atoms with Gasteiger partial charge in [0.15, 0.2) is 5.79 Å². The van der Waals surface area contributed by atoms with Crippen LogP contribution >= 0.6 is 0 Å². The average molecular weight is 248 g/mol. The second-order valence-electron chi connectivity index (χ2n) is 6.27. The van der Waals surface area contributed by atoms with Gasteiger partial charge in [-0.2, -0.15) is 0 Å². The zero-order valence-corrected chi connectivity index (χ0v) is 11.4. The summed E-state index contributed by atoms with van der Waals surface area (Å²) in [5.74, 6) is 1.66. The smallest absolute Gasteiger partial charge is 0.168 e. The highest BCUT2D eigenvalue weighted by atomic mass is 16.7. The van der Waals surface area contributed by atoms with Crippen LogP contribution < -0.4 is 0 Å². The van der Waals surface area contributed by atoms with Crippen LogP contribution in [0.2, 0.25) is 0 Å². The summed E-state index contributed by atoms with van der Waals surface area (Å²) in [6, 6.07) is 0. The third-order valence-corrected chi connectivity index (χ3v) is 5.16. The van der Waals surface area contributed by atoms with Gasteiger partial charge in [-0.1, -0.05) is 24.3 Å². The Morgan fingerprint density at radius 3 is 2.67 bits per heavy atom. The standard InChI is InChI=1S/C16H24O2/c1-11(2)13-5-4-12(3)14-6-7-16(10-15(13)14)17-8-9-18-16/h13-15H,1,3-10H2,2H3/t13-,14-,15-/m1/s1. The lowest BCUT2D eigenvalue weighted by Gasteiger charge is -2.48. The summed E-state index contributed by atoms with van der Waals surface area (Å²) in [5, 5.41) is 0. The minimum Gasteiger partial charge on any atom is -0.348 e. The van der Waals surface area contributed by atoms with Gasteiger partial charge in [-0.15, -0.1) is 0 Å². The van der Waals surface area contributed by atoms with E-state index in [0.717, 1.165) is 26.1 Å². The van der Waals surface area contributed by atoms with Crippen molar-refractivity contribution in [3.05, 3.63) is 24.3 Å². The molecular formula is C16H24O2. The lowest BCUT2D eigenvalue weighted by Crippen LogP contribution is -2.45. The molecule has 100 valence electrons. The number of allylic oxidation sites excluding steroid dienone is 2. The van der Waals surface area contributed by atoms with Gasteiger partial charge >= 0.3 is 0 Å². The first-order chi connectivity index (χ1) is 8.61. The van der Waals surface area contributed by atoms with E-state index in [4.69, 9.17) is 9.47 Å². The minimum atomic E-state index is -0.271. The van der Waals surface area contributed by atoms with Crippen molar-refractivity contribution < 1.29 is 9.47 Å². The van der Waals surface area contributed by atoms with Crippen LogP contribution in [0.1, 0.15) is 39.0 Å². The van der Waals surface area contributed by atoms with Gasteiger partial charge in [-0.05, 0) is 43.9 Å². The summed E-state index contributed by atoms with van der Waals surface area (Å²) in [5.41, 5.74) is 2.78. The Bertz CT molecular complexity index is 363. The van der Waals surface area contributed by atoms with Crippen LogP contribution in [-0.4, -0.2) is 19.0 Å². The van der Waals surface area contributed by atoms with Crippen LogP contribution in [0.15, 0.2) is 24.3 Å². The van der Waals surface area contributed by atoms with Crippen LogP contribution in [0.4, 0.5) is 0 Å². The molecule has 1 aliphatic heterocycles. The molecule has 0 radical (unpaired) electrons. The topological polar surface area (TPSA) is 18.5 Å². The summed E-state index contributed by atoms with van der Waals surface area (Å²) >= 11 is 0. The average Bonchev–Trinajstić information content (AvgIpc) is 2.77. The first-order valence-corrected chi connectivity index (χ1v) is 7.22. The Hall–Kier alpha value is -0.600. The van der Waals surface area contributed by atoms with Crippen molar-refractivity contribution in [3.8, 4) is 0 Å². The molecule has 3 atom stereocenters. The van der Waals surface area contributed by atoms with Crippen LogP contribution in [0.3, 0.4) is 0 Å². The van der Waals surface area contributed by atoms with Gasteiger partial charge in [0.05, 0.1) is 13.2 Å². The Kier molecular flexibility index (Phi) is 3.11. The van der Waals surface area contributed by atoms with Gasteiger partial charge < -0.3 is 9.47 Å². The molecule has 0 aromatic heterocycles.